The summed E-state index contributed by atoms with van der Waals surface area (Å²) in [5.74, 6) is 0. The summed E-state index contributed by atoms with van der Waals surface area (Å²) in [4.78, 5) is 8.93. The van der Waals surface area contributed by atoms with Crippen LogP contribution in [0.1, 0.15) is 11.4 Å². The molecule has 0 amide bonds. The molecule has 0 aliphatic carbocycles. The van der Waals surface area contributed by atoms with Crippen molar-refractivity contribution < 1.29 is 0 Å². The first-order chi connectivity index (χ1) is 8.16. The molecule has 0 saturated heterocycles. The number of halogens is 1. The van der Waals surface area contributed by atoms with Gasteiger partial charge < -0.3 is 0 Å². The van der Waals surface area contributed by atoms with Gasteiger partial charge in [-0.05, 0) is 37.4 Å². The summed E-state index contributed by atoms with van der Waals surface area (Å²) in [5, 5.41) is 4.18. The molecule has 3 rings (SSSR count). The molecule has 0 radical (unpaired) electrons. The Bertz CT molecular complexity index is 735. The number of aromatic nitrogens is 2. The zero-order valence-electron chi connectivity index (χ0n) is 9.66. The Labute approximate surface area is 104 Å². The van der Waals surface area contributed by atoms with E-state index in [1.165, 1.54) is 5.39 Å². The summed E-state index contributed by atoms with van der Waals surface area (Å²) in [7, 11) is 0. The molecule has 17 heavy (non-hydrogen) atoms. The van der Waals surface area contributed by atoms with Gasteiger partial charge in [-0.25, -0.2) is 0 Å². The molecule has 3 aromatic rings. The third-order valence-corrected chi connectivity index (χ3v) is 3.28. The van der Waals surface area contributed by atoms with Gasteiger partial charge in [0.2, 0.25) is 0 Å². The second kappa shape index (κ2) is 3.67. The molecule has 0 fully saturated rings. The molecule has 3 heteroatoms. The first-order valence-electron chi connectivity index (χ1n) is 5.48. The molecule has 0 bridgehead atoms. The van der Waals surface area contributed by atoms with Crippen molar-refractivity contribution in [1.29, 1.82) is 0 Å². The van der Waals surface area contributed by atoms with Crippen LogP contribution in [0.3, 0.4) is 0 Å². The summed E-state index contributed by atoms with van der Waals surface area (Å²) in [6.45, 7) is 4.02. The van der Waals surface area contributed by atoms with Crippen molar-refractivity contribution in [2.75, 3.05) is 0 Å². The molecular weight excluding hydrogens is 232 g/mol. The molecular formula is C14H11ClN2. The highest BCUT2D eigenvalue weighted by molar-refractivity contribution is 6.31. The highest BCUT2D eigenvalue weighted by Gasteiger charge is 2.08. The van der Waals surface area contributed by atoms with Crippen LogP contribution in [0.2, 0.25) is 5.02 Å². The molecule has 0 atom stereocenters. The smallest absolute Gasteiger partial charge is 0.0726 e. The van der Waals surface area contributed by atoms with Crippen molar-refractivity contribution in [1.82, 2.24) is 9.97 Å². The van der Waals surface area contributed by atoms with Crippen molar-refractivity contribution in [2.45, 2.75) is 13.8 Å². The second-order valence-electron chi connectivity index (χ2n) is 4.18. The van der Waals surface area contributed by atoms with E-state index < -0.39 is 0 Å². The zero-order chi connectivity index (χ0) is 12.0. The highest BCUT2D eigenvalue weighted by Crippen LogP contribution is 2.28. The van der Waals surface area contributed by atoms with Crippen molar-refractivity contribution in [3.05, 3.63) is 46.9 Å². The van der Waals surface area contributed by atoms with Crippen LogP contribution in [-0.4, -0.2) is 9.97 Å². The molecule has 0 spiro atoms. The van der Waals surface area contributed by atoms with Gasteiger partial charge in [0.15, 0.2) is 0 Å². The average molecular weight is 243 g/mol. The largest absolute Gasteiger partial charge is 0.261 e. The van der Waals surface area contributed by atoms with Crippen LogP contribution < -0.4 is 0 Å². The van der Waals surface area contributed by atoms with Crippen LogP contribution >= 0.6 is 11.6 Å². The highest BCUT2D eigenvalue weighted by atomic mass is 35.5. The van der Waals surface area contributed by atoms with E-state index in [2.05, 4.69) is 9.97 Å². The van der Waals surface area contributed by atoms with Gasteiger partial charge in [0.25, 0.3) is 0 Å². The van der Waals surface area contributed by atoms with Crippen molar-refractivity contribution in [3.8, 4) is 0 Å². The predicted molar refractivity (Wildman–Crippen MR) is 71.5 cm³/mol. The molecule has 2 heterocycles. The lowest BCUT2D eigenvalue weighted by Gasteiger charge is -2.08. The molecule has 0 aliphatic rings. The lowest BCUT2D eigenvalue weighted by atomic mass is 10.0. The van der Waals surface area contributed by atoms with Crippen LogP contribution in [0.25, 0.3) is 21.7 Å². The average Bonchev–Trinajstić information content (AvgIpc) is 2.28. The Balaban J connectivity index is 2.60. The Morgan fingerprint density at radius 2 is 1.82 bits per heavy atom. The molecule has 1 aromatic carbocycles. The van der Waals surface area contributed by atoms with Gasteiger partial charge in [-0.15, -0.1) is 0 Å². The quantitative estimate of drug-likeness (QED) is 0.556. The number of aryl methyl sites for hydroxylation is 2. The van der Waals surface area contributed by atoms with Gasteiger partial charge in [-0.2, -0.15) is 0 Å². The van der Waals surface area contributed by atoms with Crippen molar-refractivity contribution in [3.63, 3.8) is 0 Å². The number of hydrogen-bond acceptors (Lipinski definition) is 2. The lowest BCUT2D eigenvalue weighted by Crippen LogP contribution is -1.92. The van der Waals surface area contributed by atoms with Crippen LogP contribution in [-0.2, 0) is 0 Å². The fraction of sp³-hybridized carbons (Fsp3) is 0.143. The third kappa shape index (κ3) is 1.56. The van der Waals surface area contributed by atoms with Crippen LogP contribution in [0.5, 0.6) is 0 Å². The normalized spacial score (nSPS) is 11.2. The number of benzene rings is 1. The molecule has 84 valence electrons. The topological polar surface area (TPSA) is 25.8 Å². The standard InChI is InChI=1S/C14H11ClN2/c1-8-14-9(2)17-13-7-10(15)3-4-11(13)12(14)5-6-16-8/h3-7H,1-2H3. The minimum absolute atomic E-state index is 0.717. The number of pyridine rings is 2. The van der Waals surface area contributed by atoms with Crippen LogP contribution in [0.15, 0.2) is 30.5 Å². The van der Waals surface area contributed by atoms with E-state index in [9.17, 15) is 0 Å². The molecule has 2 aromatic heterocycles. The molecule has 0 aliphatic heterocycles. The first-order valence-corrected chi connectivity index (χ1v) is 5.86. The number of fused-ring (bicyclic) bond motifs is 3. The van der Waals surface area contributed by atoms with Crippen LogP contribution in [0, 0.1) is 13.8 Å². The van der Waals surface area contributed by atoms with E-state index in [4.69, 9.17) is 11.6 Å². The minimum Gasteiger partial charge on any atom is -0.261 e. The van der Waals surface area contributed by atoms with E-state index in [0.717, 1.165) is 32.7 Å². The van der Waals surface area contributed by atoms with Gasteiger partial charge in [0.1, 0.15) is 0 Å². The van der Waals surface area contributed by atoms with E-state index in [-0.39, 0.29) is 0 Å². The van der Waals surface area contributed by atoms with Gasteiger partial charge >= 0.3 is 0 Å². The number of nitrogens with zero attached hydrogens (tertiary/aromatic N) is 2. The Morgan fingerprint density at radius 1 is 1.00 bits per heavy atom. The van der Waals surface area contributed by atoms with Gasteiger partial charge in [-0.1, -0.05) is 17.7 Å². The first kappa shape index (κ1) is 10.5. The Hall–Kier alpha value is -1.67. The summed E-state index contributed by atoms with van der Waals surface area (Å²) in [6.07, 6.45) is 1.84. The van der Waals surface area contributed by atoms with Crippen LogP contribution in [0.4, 0.5) is 0 Å². The predicted octanol–water partition coefficient (Wildman–Crippen LogP) is 4.05. The van der Waals surface area contributed by atoms with E-state index in [1.54, 1.807) is 0 Å². The maximum absolute atomic E-state index is 6.00. The number of hydrogen-bond donors (Lipinski definition) is 0. The minimum atomic E-state index is 0.717. The molecule has 0 unspecified atom stereocenters. The van der Waals surface area contributed by atoms with Gasteiger partial charge in [0.05, 0.1) is 5.52 Å². The molecule has 0 N–H and O–H groups in total. The molecule has 0 saturated carbocycles. The summed E-state index contributed by atoms with van der Waals surface area (Å²) < 4.78 is 0. The van der Waals surface area contributed by atoms with Gasteiger partial charge in [-0.3, -0.25) is 9.97 Å². The van der Waals surface area contributed by atoms with E-state index in [0.29, 0.717) is 0 Å². The number of rotatable bonds is 0. The lowest BCUT2D eigenvalue weighted by molar-refractivity contribution is 1.20. The summed E-state index contributed by atoms with van der Waals surface area (Å²) in [5.41, 5.74) is 2.96. The van der Waals surface area contributed by atoms with E-state index in [1.807, 2.05) is 44.3 Å². The fourth-order valence-electron chi connectivity index (χ4n) is 2.31. The summed E-state index contributed by atoms with van der Waals surface area (Å²) in [6, 6.07) is 7.86. The van der Waals surface area contributed by atoms with Crippen molar-refractivity contribution in [2.24, 2.45) is 0 Å². The van der Waals surface area contributed by atoms with Gasteiger partial charge in [0, 0.05) is 33.4 Å². The van der Waals surface area contributed by atoms with Crippen molar-refractivity contribution >= 4 is 33.3 Å². The Morgan fingerprint density at radius 3 is 2.65 bits per heavy atom. The van der Waals surface area contributed by atoms with E-state index >= 15 is 0 Å². The third-order valence-electron chi connectivity index (χ3n) is 3.04. The zero-order valence-corrected chi connectivity index (χ0v) is 10.4. The SMILES string of the molecule is Cc1nccc2c1c(C)nc1cc(Cl)ccc12. The summed E-state index contributed by atoms with van der Waals surface area (Å²) >= 11 is 6.00. The second-order valence-corrected chi connectivity index (χ2v) is 4.61. The maximum atomic E-state index is 6.00. The fourth-order valence-corrected chi connectivity index (χ4v) is 2.48. The maximum Gasteiger partial charge on any atom is 0.0726 e. The molecule has 2 nitrogen and oxygen atoms in total. The Kier molecular flexibility index (Phi) is 2.26. The monoisotopic (exact) mass is 242 g/mol.